The Morgan fingerprint density at radius 1 is 1.23 bits per heavy atom. The molecule has 1 atom stereocenters. The lowest BCUT2D eigenvalue weighted by atomic mass is 9.97. The first-order chi connectivity index (χ1) is 14.4. The summed E-state index contributed by atoms with van der Waals surface area (Å²) in [6.45, 7) is 6.84. The summed E-state index contributed by atoms with van der Waals surface area (Å²) < 4.78 is 5.44. The molecule has 1 saturated heterocycles. The van der Waals surface area contributed by atoms with Crippen molar-refractivity contribution in [1.29, 1.82) is 5.26 Å². The number of nitriles is 1. The average molecular weight is 406 g/mol. The number of nitrogens with one attached hydrogen (secondary N) is 1. The maximum absolute atomic E-state index is 12.5. The van der Waals surface area contributed by atoms with Gasteiger partial charge in [0.05, 0.1) is 11.5 Å². The van der Waals surface area contributed by atoms with Crippen LogP contribution in [0.2, 0.25) is 0 Å². The smallest absolute Gasteiger partial charge is 0.309 e. The highest BCUT2D eigenvalue weighted by Gasteiger charge is 2.29. The number of ether oxygens (including phenoxy) is 1. The number of pyridine rings is 1. The normalized spacial score (nSPS) is 15.2. The van der Waals surface area contributed by atoms with Crippen LogP contribution in [0, 0.1) is 31.1 Å². The summed E-state index contributed by atoms with van der Waals surface area (Å²) in [6.07, 6.45) is 1.94. The lowest BCUT2D eigenvalue weighted by Crippen LogP contribution is -2.39. The predicted octanol–water partition coefficient (Wildman–Crippen LogP) is 3.36. The number of rotatable bonds is 5. The Bertz CT molecular complexity index is 957. The van der Waals surface area contributed by atoms with Crippen LogP contribution in [0.4, 0.5) is 11.5 Å². The molecule has 0 saturated carbocycles. The van der Waals surface area contributed by atoms with Gasteiger partial charge in [0.1, 0.15) is 11.9 Å². The minimum atomic E-state index is -0.864. The van der Waals surface area contributed by atoms with E-state index in [1.54, 1.807) is 19.2 Å². The van der Waals surface area contributed by atoms with Crippen LogP contribution in [-0.4, -0.2) is 36.1 Å². The van der Waals surface area contributed by atoms with Gasteiger partial charge in [0.25, 0.3) is 5.91 Å². The summed E-state index contributed by atoms with van der Waals surface area (Å²) in [4.78, 5) is 31.3. The highest BCUT2D eigenvalue weighted by atomic mass is 16.5. The van der Waals surface area contributed by atoms with Crippen LogP contribution in [0.15, 0.2) is 36.5 Å². The second-order valence-electron chi connectivity index (χ2n) is 7.66. The number of hydrogen-bond donors (Lipinski definition) is 1. The number of esters is 1. The number of benzene rings is 1. The molecule has 1 N–H and O–H groups in total. The van der Waals surface area contributed by atoms with Gasteiger partial charge in [-0.2, -0.15) is 5.26 Å². The molecule has 0 bridgehead atoms. The van der Waals surface area contributed by atoms with Gasteiger partial charge in [-0.1, -0.05) is 17.7 Å². The van der Waals surface area contributed by atoms with Crippen molar-refractivity contribution < 1.29 is 14.3 Å². The minimum Gasteiger partial charge on any atom is -0.452 e. The second-order valence-corrected chi connectivity index (χ2v) is 7.66. The fourth-order valence-corrected chi connectivity index (χ4v) is 3.50. The lowest BCUT2D eigenvalue weighted by molar-refractivity contribution is -0.157. The lowest BCUT2D eigenvalue weighted by Gasteiger charge is -2.32. The number of amides is 1. The third-order valence-electron chi connectivity index (χ3n) is 5.33. The summed E-state index contributed by atoms with van der Waals surface area (Å²) in [5.41, 5.74) is 3.32. The third kappa shape index (κ3) is 5.15. The van der Waals surface area contributed by atoms with E-state index in [1.165, 1.54) is 0 Å². The van der Waals surface area contributed by atoms with Crippen LogP contribution in [0.3, 0.4) is 0 Å². The van der Waals surface area contributed by atoms with Crippen LogP contribution < -0.4 is 10.2 Å². The molecule has 0 aliphatic carbocycles. The number of piperidine rings is 1. The molecule has 1 fully saturated rings. The first-order valence-electron chi connectivity index (χ1n) is 10.1. The van der Waals surface area contributed by atoms with E-state index in [2.05, 4.69) is 21.3 Å². The zero-order chi connectivity index (χ0) is 21.7. The molecule has 156 valence electrons. The fourth-order valence-electron chi connectivity index (χ4n) is 3.50. The van der Waals surface area contributed by atoms with Crippen molar-refractivity contribution in [1.82, 2.24) is 4.98 Å². The molecule has 1 amide bonds. The second kappa shape index (κ2) is 9.40. The average Bonchev–Trinajstić information content (AvgIpc) is 2.75. The summed E-state index contributed by atoms with van der Waals surface area (Å²) in [5, 5.41) is 11.7. The molecule has 0 spiro atoms. The van der Waals surface area contributed by atoms with Crippen LogP contribution in [0.25, 0.3) is 0 Å². The molecule has 0 radical (unpaired) electrons. The zero-order valence-corrected chi connectivity index (χ0v) is 17.5. The van der Waals surface area contributed by atoms with Gasteiger partial charge < -0.3 is 15.0 Å². The first kappa shape index (κ1) is 21.3. The maximum Gasteiger partial charge on any atom is 0.309 e. The van der Waals surface area contributed by atoms with Crippen LogP contribution in [0.1, 0.15) is 36.5 Å². The SMILES string of the molecule is Cc1ccc(NC(=O)[C@H](C)OC(=O)C2CCN(c3ccc(C#N)cn3)CC2)c(C)c1. The van der Waals surface area contributed by atoms with Crippen molar-refractivity contribution in [3.8, 4) is 6.07 Å². The largest absolute Gasteiger partial charge is 0.452 e. The number of hydrogen-bond acceptors (Lipinski definition) is 6. The Balaban J connectivity index is 1.49. The Labute approximate surface area is 176 Å². The maximum atomic E-state index is 12.5. The van der Waals surface area contributed by atoms with E-state index in [9.17, 15) is 9.59 Å². The highest BCUT2D eigenvalue weighted by Crippen LogP contribution is 2.23. The number of aryl methyl sites for hydroxylation is 2. The van der Waals surface area contributed by atoms with Crippen LogP contribution >= 0.6 is 0 Å². The van der Waals surface area contributed by atoms with E-state index in [1.807, 2.05) is 38.1 Å². The van der Waals surface area contributed by atoms with E-state index < -0.39 is 6.10 Å². The summed E-state index contributed by atoms with van der Waals surface area (Å²) >= 11 is 0. The summed E-state index contributed by atoms with van der Waals surface area (Å²) in [6, 6.07) is 11.4. The predicted molar refractivity (Wildman–Crippen MR) is 114 cm³/mol. The third-order valence-corrected chi connectivity index (χ3v) is 5.33. The molecular formula is C23H26N4O3. The Hall–Kier alpha value is -3.40. The zero-order valence-electron chi connectivity index (χ0n) is 17.5. The molecule has 1 aromatic carbocycles. The molecule has 0 unspecified atom stereocenters. The van der Waals surface area contributed by atoms with E-state index in [-0.39, 0.29) is 17.8 Å². The quantitative estimate of drug-likeness (QED) is 0.765. The Kier molecular flexibility index (Phi) is 6.68. The standard InChI is InChI=1S/C23H26N4O3/c1-15-4-6-20(16(2)12-15)26-22(28)17(3)30-23(29)19-8-10-27(11-9-19)21-7-5-18(13-24)14-25-21/h4-7,12,14,17,19H,8-11H2,1-3H3,(H,26,28)/t17-/m0/s1. The molecule has 2 heterocycles. The molecular weight excluding hydrogens is 380 g/mol. The summed E-state index contributed by atoms with van der Waals surface area (Å²) in [5.74, 6) is -0.127. The molecule has 1 aromatic heterocycles. The van der Waals surface area contributed by atoms with Crippen LogP contribution in [-0.2, 0) is 14.3 Å². The molecule has 7 heteroatoms. The van der Waals surface area contributed by atoms with Crippen molar-refractivity contribution >= 4 is 23.4 Å². The van der Waals surface area contributed by atoms with E-state index in [0.717, 1.165) is 22.6 Å². The number of carbonyl (C=O) groups excluding carboxylic acids is 2. The van der Waals surface area contributed by atoms with Crippen molar-refractivity contribution in [3.63, 3.8) is 0 Å². The molecule has 7 nitrogen and oxygen atoms in total. The molecule has 3 rings (SSSR count). The first-order valence-corrected chi connectivity index (χ1v) is 10.1. The Morgan fingerprint density at radius 3 is 2.57 bits per heavy atom. The monoisotopic (exact) mass is 406 g/mol. The van der Waals surface area contributed by atoms with Crippen molar-refractivity contribution in [2.75, 3.05) is 23.3 Å². The number of anilines is 2. The summed E-state index contributed by atoms with van der Waals surface area (Å²) in [7, 11) is 0. The molecule has 1 aliphatic rings. The highest BCUT2D eigenvalue weighted by molar-refractivity contribution is 5.95. The van der Waals surface area contributed by atoms with Gasteiger partial charge in [-0.25, -0.2) is 4.98 Å². The number of carbonyl (C=O) groups is 2. The van der Waals surface area contributed by atoms with Crippen LogP contribution in [0.5, 0.6) is 0 Å². The van der Waals surface area contributed by atoms with Crippen molar-refractivity contribution in [2.24, 2.45) is 5.92 Å². The number of nitrogens with zero attached hydrogens (tertiary/aromatic N) is 3. The van der Waals surface area contributed by atoms with Gasteiger partial charge in [0, 0.05) is 25.0 Å². The van der Waals surface area contributed by atoms with Gasteiger partial charge in [-0.05, 0) is 57.4 Å². The molecule has 30 heavy (non-hydrogen) atoms. The van der Waals surface area contributed by atoms with E-state index in [0.29, 0.717) is 31.5 Å². The minimum absolute atomic E-state index is 0.240. The topological polar surface area (TPSA) is 95.3 Å². The molecule has 2 aromatic rings. The van der Waals surface area contributed by atoms with Gasteiger partial charge >= 0.3 is 5.97 Å². The Morgan fingerprint density at radius 2 is 1.97 bits per heavy atom. The van der Waals surface area contributed by atoms with Crippen molar-refractivity contribution in [3.05, 3.63) is 53.2 Å². The number of aromatic nitrogens is 1. The van der Waals surface area contributed by atoms with Gasteiger partial charge in [-0.15, -0.1) is 0 Å². The van der Waals surface area contributed by atoms with Gasteiger partial charge in [0.15, 0.2) is 6.10 Å². The van der Waals surface area contributed by atoms with E-state index >= 15 is 0 Å². The molecule has 1 aliphatic heterocycles. The van der Waals surface area contributed by atoms with Gasteiger partial charge in [-0.3, -0.25) is 9.59 Å². The van der Waals surface area contributed by atoms with Gasteiger partial charge in [0.2, 0.25) is 0 Å². The fraction of sp³-hybridized carbons (Fsp3) is 0.391. The van der Waals surface area contributed by atoms with E-state index in [4.69, 9.17) is 10.00 Å². The van der Waals surface area contributed by atoms with Crippen molar-refractivity contribution in [2.45, 2.75) is 39.7 Å².